The highest BCUT2D eigenvalue weighted by molar-refractivity contribution is 6.14. The van der Waals surface area contributed by atoms with E-state index in [0.29, 0.717) is 43.1 Å². The second kappa shape index (κ2) is 22.9. The van der Waals surface area contributed by atoms with Gasteiger partial charge in [-0.3, -0.25) is 14.4 Å². The van der Waals surface area contributed by atoms with E-state index in [2.05, 4.69) is 0 Å². The molecule has 0 atom stereocenters. The van der Waals surface area contributed by atoms with Crippen LogP contribution in [0.4, 0.5) is 19.2 Å². The van der Waals surface area contributed by atoms with E-state index in [-0.39, 0.29) is 91.3 Å². The third-order valence-electron chi connectivity index (χ3n) is 11.2. The lowest BCUT2D eigenvalue weighted by atomic mass is 10.1. The van der Waals surface area contributed by atoms with Crippen LogP contribution < -0.4 is 18.9 Å². The van der Waals surface area contributed by atoms with Crippen molar-refractivity contribution in [3.05, 3.63) is 108 Å². The summed E-state index contributed by atoms with van der Waals surface area (Å²) < 4.78 is 59.5. The molecule has 3 aromatic heterocycles. The summed E-state index contributed by atoms with van der Waals surface area (Å²) in [6.45, 7) is 24.6. The predicted octanol–water partition coefficient (Wildman–Crippen LogP) is 16.0. The molecule has 0 saturated carbocycles. The fourth-order valence-electron chi connectivity index (χ4n) is 8.02. The van der Waals surface area contributed by atoms with Gasteiger partial charge in [0.05, 0.1) is 16.2 Å². The van der Waals surface area contributed by atoms with Gasteiger partial charge >= 0.3 is 24.6 Å². The molecule has 20 nitrogen and oxygen atoms in total. The monoisotopic (exact) mass is 1130 g/mol. The van der Waals surface area contributed by atoms with Gasteiger partial charge in [-0.2, -0.15) is 0 Å². The van der Waals surface area contributed by atoms with Crippen LogP contribution in [0.2, 0.25) is 0 Å². The van der Waals surface area contributed by atoms with Crippen molar-refractivity contribution in [1.29, 1.82) is 0 Å². The minimum atomic E-state index is -0.939. The van der Waals surface area contributed by atoms with Gasteiger partial charge in [0.1, 0.15) is 28.2 Å². The third kappa shape index (κ3) is 14.0. The number of phenolic OH excluding ortho intramolecular Hbond substituents is 2. The Morgan fingerprint density at radius 1 is 0.329 bits per heavy atom. The Morgan fingerprint density at radius 3 is 0.915 bits per heavy atom. The van der Waals surface area contributed by atoms with E-state index >= 15 is 0 Å². The zero-order valence-electron chi connectivity index (χ0n) is 47.9. The number of aromatic hydroxyl groups is 2. The van der Waals surface area contributed by atoms with Crippen LogP contribution in [-0.2, 0) is 18.9 Å². The zero-order chi connectivity index (χ0) is 60.6. The minimum absolute atomic E-state index is 0.0124. The van der Waals surface area contributed by atoms with Crippen LogP contribution in [-0.4, -0.2) is 74.6 Å². The maximum atomic E-state index is 12.4. The van der Waals surface area contributed by atoms with E-state index in [4.69, 9.17) is 51.1 Å². The number of benzene rings is 6. The average molecular weight is 1130 g/mol. The number of rotatable bonds is 7. The van der Waals surface area contributed by atoms with Crippen molar-refractivity contribution in [1.82, 2.24) is 0 Å². The highest BCUT2D eigenvalue weighted by Crippen LogP contribution is 2.47. The number of carbonyl (C=O) groups excluding carboxylic acids is 7. The van der Waals surface area contributed by atoms with Gasteiger partial charge in [-0.1, -0.05) is 72.8 Å². The van der Waals surface area contributed by atoms with E-state index in [1.807, 2.05) is 0 Å². The number of ether oxygens (including phenoxy) is 8. The van der Waals surface area contributed by atoms with Crippen molar-refractivity contribution in [2.45, 2.75) is 126 Å². The molecule has 3 heterocycles. The highest BCUT2D eigenvalue weighted by atomic mass is 16.8. The van der Waals surface area contributed by atoms with Crippen LogP contribution in [0.15, 0.2) is 104 Å². The first-order chi connectivity index (χ1) is 38.1. The highest BCUT2D eigenvalue weighted by Gasteiger charge is 2.30. The molecule has 0 fully saturated rings. The number of Topliss-reactive ketones (excluding diaryl/α,β-unsaturated/α-hetero) is 3. The smallest absolute Gasteiger partial charge is 0.507 e. The first-order valence-corrected chi connectivity index (χ1v) is 25.6. The molecule has 6 aromatic carbocycles. The number of carbonyl (C=O) groups is 7. The van der Waals surface area contributed by atoms with Gasteiger partial charge in [0.25, 0.3) is 0 Å². The Kier molecular flexibility index (Phi) is 16.8. The van der Waals surface area contributed by atoms with E-state index in [0.717, 1.165) is 0 Å². The first-order valence-electron chi connectivity index (χ1n) is 25.6. The second-order valence-corrected chi connectivity index (χ2v) is 22.6. The molecule has 0 aliphatic carbocycles. The summed E-state index contributed by atoms with van der Waals surface area (Å²) in [5.41, 5.74) is -2.72. The molecule has 0 bridgehead atoms. The SMILES string of the molecule is CC(=O)c1cc2c(O)c3ccccc3c(OC(=O)OC(C)(C)C)c2o1.CC(=O)c1cc2c(OC(=O)OC(C)(C)C)c3ccccc3c(O)c2o1.CC(=O)c1cc2c(OC(=O)OC(C)(C)C)c3ccccc3c(OC(=O)OC(C)(C)C)c2o1. The van der Waals surface area contributed by atoms with Gasteiger partial charge in [0.15, 0.2) is 80.1 Å². The Morgan fingerprint density at radius 2 is 0.573 bits per heavy atom. The molecule has 0 amide bonds. The van der Waals surface area contributed by atoms with Crippen LogP contribution >= 0.6 is 0 Å². The van der Waals surface area contributed by atoms with Crippen molar-refractivity contribution < 1.29 is 94.9 Å². The number of fused-ring (bicyclic) bond motifs is 6. The topological polar surface area (TPSA) is 273 Å². The summed E-state index contributed by atoms with van der Waals surface area (Å²) in [7, 11) is 0. The van der Waals surface area contributed by atoms with Crippen molar-refractivity contribution in [3.8, 4) is 34.5 Å². The normalized spacial score (nSPS) is 11.8. The van der Waals surface area contributed by atoms with Gasteiger partial charge in [-0.25, -0.2) is 19.2 Å². The standard InChI is InChI=1S/C24H26O8.2C19H18O6/c1-13(25)17-12-16-18(29-21(26)31-23(2,3)4)14-10-8-9-11-15(14)19(20(16)28-17)30-22(27)32-24(5,6)7;1-10(20)14-9-13-16(24-18(22)25-19(2,3)4)12-8-6-5-7-11(12)15(21)17(13)23-14;1-10(20)14-9-13-15(21)11-7-5-6-8-12(11)16(17(13)23-14)24-18(22)25-19(2,3)4/h8-12H,1-7H3;2*5-9,21H,1-4H3. The van der Waals surface area contributed by atoms with E-state index in [1.165, 1.54) is 39.0 Å². The molecule has 9 aromatic rings. The maximum Gasteiger partial charge on any atom is 0.514 e. The quantitative estimate of drug-likeness (QED) is 0.0649. The van der Waals surface area contributed by atoms with Crippen LogP contribution in [0.3, 0.4) is 0 Å². The summed E-state index contributed by atoms with van der Waals surface area (Å²) in [4.78, 5) is 84.4. The largest absolute Gasteiger partial charge is 0.514 e. The summed E-state index contributed by atoms with van der Waals surface area (Å²) in [5.74, 6) is -0.524. The number of ketones is 3. The van der Waals surface area contributed by atoms with Crippen molar-refractivity contribution >= 4 is 107 Å². The lowest BCUT2D eigenvalue weighted by molar-refractivity contribution is 0.0193. The molecule has 0 aliphatic rings. The number of hydrogen-bond acceptors (Lipinski definition) is 20. The molecule has 0 saturated heterocycles. The molecular weight excluding hydrogens is 1060 g/mol. The Balaban J connectivity index is 0.000000179. The molecule has 2 N–H and O–H groups in total. The number of hydrogen-bond donors (Lipinski definition) is 2. The van der Waals surface area contributed by atoms with Crippen LogP contribution in [0.1, 0.15) is 136 Å². The lowest BCUT2D eigenvalue weighted by Crippen LogP contribution is -2.26. The zero-order valence-corrected chi connectivity index (χ0v) is 47.9. The van der Waals surface area contributed by atoms with Gasteiger partial charge in [0.2, 0.25) is 0 Å². The van der Waals surface area contributed by atoms with E-state index < -0.39 is 47.0 Å². The molecule has 20 heteroatoms. The molecular formula is C62H62O20. The number of furan rings is 3. The van der Waals surface area contributed by atoms with Crippen LogP contribution in [0, 0.1) is 0 Å². The van der Waals surface area contributed by atoms with Crippen LogP contribution in [0.5, 0.6) is 34.5 Å². The lowest BCUT2D eigenvalue weighted by Gasteiger charge is -2.20. The summed E-state index contributed by atoms with van der Waals surface area (Å²) >= 11 is 0. The average Bonchev–Trinajstić information content (AvgIpc) is 4.07. The molecule has 82 heavy (non-hydrogen) atoms. The summed E-state index contributed by atoms with van der Waals surface area (Å²) in [6, 6.07) is 24.9. The first kappa shape index (κ1) is 60.1. The van der Waals surface area contributed by atoms with Gasteiger partial charge in [0, 0.05) is 53.1 Å². The molecule has 9 rings (SSSR count). The maximum absolute atomic E-state index is 12.4. The molecule has 0 radical (unpaired) electrons. The Hall–Kier alpha value is -9.59. The van der Waals surface area contributed by atoms with Crippen molar-refractivity contribution in [2.75, 3.05) is 0 Å². The van der Waals surface area contributed by atoms with E-state index in [9.17, 15) is 43.8 Å². The Bertz CT molecular complexity index is 3760. The molecule has 0 unspecified atom stereocenters. The third-order valence-corrected chi connectivity index (χ3v) is 11.2. The second-order valence-electron chi connectivity index (χ2n) is 22.6. The van der Waals surface area contributed by atoms with Crippen LogP contribution in [0.25, 0.3) is 65.2 Å². The van der Waals surface area contributed by atoms with Gasteiger partial charge < -0.3 is 61.4 Å². The molecule has 430 valence electrons. The summed E-state index contributed by atoms with van der Waals surface area (Å²) in [6.07, 6.45) is -3.64. The minimum Gasteiger partial charge on any atom is -0.507 e. The molecule has 0 aliphatic heterocycles. The fourth-order valence-corrected chi connectivity index (χ4v) is 8.02. The Labute approximate surface area is 469 Å². The van der Waals surface area contributed by atoms with Gasteiger partial charge in [-0.15, -0.1) is 0 Å². The van der Waals surface area contributed by atoms with Crippen molar-refractivity contribution in [2.24, 2.45) is 0 Å². The predicted molar refractivity (Wildman–Crippen MR) is 302 cm³/mol. The van der Waals surface area contributed by atoms with E-state index in [1.54, 1.807) is 156 Å². The molecule has 0 spiro atoms. The van der Waals surface area contributed by atoms with Gasteiger partial charge in [-0.05, 0) is 101 Å². The fraction of sp³-hybridized carbons (Fsp3) is 0.306. The summed E-state index contributed by atoms with van der Waals surface area (Å²) in [5, 5.41) is 24.7. The van der Waals surface area contributed by atoms with Crippen molar-refractivity contribution in [3.63, 3.8) is 0 Å². The number of phenols is 2.